The van der Waals surface area contributed by atoms with Gasteiger partial charge in [0, 0.05) is 32.7 Å². The third kappa shape index (κ3) is 3.23. The Hall–Kier alpha value is -1.66. The largest absolute Gasteiger partial charge is 0.367 e. The van der Waals surface area contributed by atoms with Crippen LogP contribution >= 0.6 is 15.9 Å². The Kier molecular flexibility index (Phi) is 4.59. The molecule has 1 aliphatic rings. The Labute approximate surface area is 138 Å². The number of hydrogen-bond donors (Lipinski definition) is 1. The molecule has 0 aliphatic carbocycles. The summed E-state index contributed by atoms with van der Waals surface area (Å²) >= 11 is 3.36. The van der Waals surface area contributed by atoms with Crippen molar-refractivity contribution in [2.24, 2.45) is 0 Å². The minimum absolute atomic E-state index is 0.181. The number of aromatic nitrogens is 2. The number of benzene rings is 1. The van der Waals surface area contributed by atoms with Crippen LogP contribution in [0, 0.1) is 6.92 Å². The summed E-state index contributed by atoms with van der Waals surface area (Å²) < 4.78 is 0.565. The number of H-pyrrole nitrogens is 1. The summed E-state index contributed by atoms with van der Waals surface area (Å²) in [6.07, 6.45) is 1.71. The molecule has 0 unspecified atom stereocenters. The lowest BCUT2D eigenvalue weighted by Crippen LogP contribution is -2.46. The van der Waals surface area contributed by atoms with E-state index in [0.29, 0.717) is 4.47 Å². The Morgan fingerprint density at radius 1 is 1.23 bits per heavy atom. The molecule has 2 heterocycles. The molecule has 5 nitrogen and oxygen atoms in total. The summed E-state index contributed by atoms with van der Waals surface area (Å²) in [6, 6.07) is 8.52. The number of aryl methyl sites for hydroxylation is 1. The monoisotopic (exact) mass is 362 g/mol. The maximum Gasteiger partial charge on any atom is 0.280 e. The molecule has 22 heavy (non-hydrogen) atoms. The van der Waals surface area contributed by atoms with E-state index >= 15 is 0 Å². The first-order chi connectivity index (χ1) is 10.6. The summed E-state index contributed by atoms with van der Waals surface area (Å²) in [5, 5.41) is 6.33. The van der Waals surface area contributed by atoms with Gasteiger partial charge in [-0.1, -0.05) is 24.3 Å². The van der Waals surface area contributed by atoms with Crippen molar-refractivity contribution in [3.8, 4) is 0 Å². The first kappa shape index (κ1) is 15.2. The molecular weight excluding hydrogens is 344 g/mol. The van der Waals surface area contributed by atoms with E-state index in [2.05, 4.69) is 67.1 Å². The van der Waals surface area contributed by atoms with Gasteiger partial charge in [0.1, 0.15) is 4.47 Å². The number of aromatic amines is 1. The Bertz CT molecular complexity index is 707. The fraction of sp³-hybridized carbons (Fsp3) is 0.375. The van der Waals surface area contributed by atoms with Crippen LogP contribution in [0.4, 0.5) is 5.69 Å². The molecule has 3 rings (SSSR count). The van der Waals surface area contributed by atoms with Crippen molar-refractivity contribution in [3.63, 3.8) is 0 Å². The Morgan fingerprint density at radius 3 is 2.68 bits per heavy atom. The summed E-state index contributed by atoms with van der Waals surface area (Å²) in [5.74, 6) is 0. The summed E-state index contributed by atoms with van der Waals surface area (Å²) in [6.45, 7) is 6.90. The molecule has 1 aromatic heterocycles. The van der Waals surface area contributed by atoms with Crippen molar-refractivity contribution in [1.82, 2.24) is 15.1 Å². The fourth-order valence-electron chi connectivity index (χ4n) is 2.77. The Balaban J connectivity index is 1.64. The second-order valence-electron chi connectivity index (χ2n) is 5.59. The van der Waals surface area contributed by atoms with Crippen molar-refractivity contribution in [3.05, 3.63) is 56.4 Å². The van der Waals surface area contributed by atoms with E-state index in [9.17, 15) is 4.79 Å². The number of rotatable bonds is 3. The molecule has 1 N–H and O–H groups in total. The van der Waals surface area contributed by atoms with Crippen LogP contribution in [0.2, 0.25) is 0 Å². The van der Waals surface area contributed by atoms with Gasteiger partial charge in [-0.15, -0.1) is 0 Å². The number of nitrogens with zero attached hydrogens (tertiary/aromatic N) is 3. The van der Waals surface area contributed by atoms with Crippen LogP contribution in [0.1, 0.15) is 11.1 Å². The van der Waals surface area contributed by atoms with E-state index in [1.54, 1.807) is 6.20 Å². The van der Waals surface area contributed by atoms with Gasteiger partial charge in [0.25, 0.3) is 5.56 Å². The quantitative estimate of drug-likeness (QED) is 0.908. The number of piperazine rings is 1. The molecule has 1 aliphatic heterocycles. The first-order valence-corrected chi connectivity index (χ1v) is 8.19. The molecule has 116 valence electrons. The van der Waals surface area contributed by atoms with E-state index in [-0.39, 0.29) is 5.56 Å². The molecule has 2 aromatic rings. The van der Waals surface area contributed by atoms with Gasteiger partial charge in [0.2, 0.25) is 0 Å². The van der Waals surface area contributed by atoms with Crippen LogP contribution in [-0.4, -0.2) is 41.3 Å². The standard InChI is InChI=1S/C16H19BrN4O/c1-12-4-2-3-5-13(12)11-20-6-8-21(9-7-20)14-10-18-19-16(22)15(14)17/h2-5,10H,6-9,11H2,1H3,(H,19,22). The summed E-state index contributed by atoms with van der Waals surface area (Å²) in [7, 11) is 0. The van der Waals surface area contributed by atoms with Crippen molar-refractivity contribution in [2.45, 2.75) is 13.5 Å². The van der Waals surface area contributed by atoms with Crippen LogP contribution in [0.3, 0.4) is 0 Å². The predicted octanol–water partition coefficient (Wildman–Crippen LogP) is 2.16. The highest BCUT2D eigenvalue weighted by atomic mass is 79.9. The molecule has 0 radical (unpaired) electrons. The summed E-state index contributed by atoms with van der Waals surface area (Å²) in [5.41, 5.74) is 3.42. The van der Waals surface area contributed by atoms with Gasteiger partial charge in [0.15, 0.2) is 0 Å². The molecule has 0 saturated carbocycles. The Morgan fingerprint density at radius 2 is 1.95 bits per heavy atom. The first-order valence-electron chi connectivity index (χ1n) is 7.40. The molecule has 1 fully saturated rings. The highest BCUT2D eigenvalue weighted by Gasteiger charge is 2.20. The minimum atomic E-state index is -0.181. The average Bonchev–Trinajstić information content (AvgIpc) is 2.53. The lowest BCUT2D eigenvalue weighted by Gasteiger charge is -2.36. The van der Waals surface area contributed by atoms with E-state index in [1.165, 1.54) is 11.1 Å². The van der Waals surface area contributed by atoms with Gasteiger partial charge in [0.05, 0.1) is 11.9 Å². The van der Waals surface area contributed by atoms with E-state index in [4.69, 9.17) is 0 Å². The second kappa shape index (κ2) is 6.62. The van der Waals surface area contributed by atoms with Crippen molar-refractivity contribution in [1.29, 1.82) is 0 Å². The normalized spacial score (nSPS) is 16.0. The zero-order valence-corrected chi connectivity index (χ0v) is 14.1. The van der Waals surface area contributed by atoms with Gasteiger partial charge < -0.3 is 4.90 Å². The SMILES string of the molecule is Cc1ccccc1CN1CCN(c2cn[nH]c(=O)c2Br)CC1. The summed E-state index contributed by atoms with van der Waals surface area (Å²) in [4.78, 5) is 16.3. The predicted molar refractivity (Wildman–Crippen MR) is 91.2 cm³/mol. The zero-order valence-electron chi connectivity index (χ0n) is 12.6. The zero-order chi connectivity index (χ0) is 15.5. The van der Waals surface area contributed by atoms with E-state index < -0.39 is 0 Å². The van der Waals surface area contributed by atoms with Crippen molar-refractivity contribution < 1.29 is 0 Å². The van der Waals surface area contributed by atoms with Crippen LogP contribution in [0.5, 0.6) is 0 Å². The number of halogens is 1. The van der Waals surface area contributed by atoms with Crippen LogP contribution in [-0.2, 0) is 6.54 Å². The number of nitrogens with one attached hydrogen (secondary N) is 1. The van der Waals surface area contributed by atoms with Gasteiger partial charge in [-0.2, -0.15) is 5.10 Å². The highest BCUT2D eigenvalue weighted by molar-refractivity contribution is 9.10. The van der Waals surface area contributed by atoms with Crippen molar-refractivity contribution in [2.75, 3.05) is 31.1 Å². The lowest BCUT2D eigenvalue weighted by atomic mass is 10.1. The minimum Gasteiger partial charge on any atom is -0.367 e. The van der Waals surface area contributed by atoms with Gasteiger partial charge >= 0.3 is 0 Å². The molecule has 0 spiro atoms. The molecule has 0 atom stereocenters. The average molecular weight is 363 g/mol. The molecule has 1 saturated heterocycles. The third-order valence-electron chi connectivity index (χ3n) is 4.15. The molecular formula is C16H19BrN4O. The molecule has 0 amide bonds. The topological polar surface area (TPSA) is 52.2 Å². The number of hydrogen-bond acceptors (Lipinski definition) is 4. The third-order valence-corrected chi connectivity index (χ3v) is 4.91. The molecule has 6 heteroatoms. The van der Waals surface area contributed by atoms with E-state index in [0.717, 1.165) is 38.4 Å². The highest BCUT2D eigenvalue weighted by Crippen LogP contribution is 2.22. The number of anilines is 1. The smallest absolute Gasteiger partial charge is 0.280 e. The fourth-order valence-corrected chi connectivity index (χ4v) is 3.21. The van der Waals surface area contributed by atoms with Crippen LogP contribution in [0.15, 0.2) is 39.7 Å². The lowest BCUT2D eigenvalue weighted by molar-refractivity contribution is 0.249. The van der Waals surface area contributed by atoms with Gasteiger partial charge in [-0.25, -0.2) is 5.10 Å². The van der Waals surface area contributed by atoms with Crippen LogP contribution < -0.4 is 10.5 Å². The maximum atomic E-state index is 11.6. The van der Waals surface area contributed by atoms with E-state index in [1.807, 2.05) is 0 Å². The maximum absolute atomic E-state index is 11.6. The van der Waals surface area contributed by atoms with Crippen molar-refractivity contribution >= 4 is 21.6 Å². The van der Waals surface area contributed by atoms with Gasteiger partial charge in [-0.3, -0.25) is 9.69 Å². The molecule has 0 bridgehead atoms. The van der Waals surface area contributed by atoms with Crippen LogP contribution in [0.25, 0.3) is 0 Å². The molecule has 1 aromatic carbocycles. The van der Waals surface area contributed by atoms with Gasteiger partial charge in [-0.05, 0) is 34.0 Å². The second-order valence-corrected chi connectivity index (χ2v) is 6.38.